The number of likely N-dealkylation sites (N-methyl/N-ethyl adjacent to an activating group) is 1. The fourth-order valence-corrected chi connectivity index (χ4v) is 2.20. The zero-order valence-corrected chi connectivity index (χ0v) is 12.6. The number of nitrogens with zero attached hydrogens (tertiary/aromatic N) is 1. The third-order valence-electron chi connectivity index (χ3n) is 3.58. The first-order valence-corrected chi connectivity index (χ1v) is 7.44. The molecule has 1 saturated carbocycles. The monoisotopic (exact) mass is 278 g/mol. The lowest BCUT2D eigenvalue weighted by Crippen LogP contribution is -2.25. The second-order valence-corrected chi connectivity index (χ2v) is 5.31. The van der Waals surface area contributed by atoms with Crippen molar-refractivity contribution in [1.29, 1.82) is 0 Å². The molecule has 1 aliphatic rings. The van der Waals surface area contributed by atoms with Crippen LogP contribution in [0.25, 0.3) is 0 Å². The Bertz CT molecular complexity index is 394. The molecule has 4 nitrogen and oxygen atoms in total. The molecule has 0 amide bonds. The molecule has 1 aromatic rings. The van der Waals surface area contributed by atoms with Gasteiger partial charge in [0.2, 0.25) is 0 Å². The summed E-state index contributed by atoms with van der Waals surface area (Å²) in [7, 11) is 4.11. The Kier molecular flexibility index (Phi) is 6.30. The van der Waals surface area contributed by atoms with Gasteiger partial charge in [0, 0.05) is 24.7 Å². The molecule has 0 radical (unpaired) electrons. The molecule has 1 fully saturated rings. The summed E-state index contributed by atoms with van der Waals surface area (Å²) in [5.74, 6) is 0.945. The molecular formula is C16H26N2O2. The van der Waals surface area contributed by atoms with Crippen LogP contribution in [0, 0.1) is 0 Å². The van der Waals surface area contributed by atoms with Crippen LogP contribution in [0.3, 0.4) is 0 Å². The summed E-state index contributed by atoms with van der Waals surface area (Å²) < 4.78 is 11.4. The maximum Gasteiger partial charge on any atom is 0.123 e. The Balaban J connectivity index is 1.58. The lowest BCUT2D eigenvalue weighted by molar-refractivity contribution is 0.0833. The van der Waals surface area contributed by atoms with Crippen LogP contribution in [0.15, 0.2) is 24.3 Å². The van der Waals surface area contributed by atoms with Gasteiger partial charge >= 0.3 is 0 Å². The van der Waals surface area contributed by atoms with Crippen molar-refractivity contribution in [3.05, 3.63) is 29.8 Å². The second-order valence-electron chi connectivity index (χ2n) is 5.31. The molecule has 2 rings (SSSR count). The van der Waals surface area contributed by atoms with Crippen LogP contribution in [-0.4, -0.2) is 51.4 Å². The van der Waals surface area contributed by atoms with E-state index in [1.54, 1.807) is 0 Å². The number of hydrogen-bond donors (Lipinski definition) is 1. The molecule has 0 bridgehead atoms. The van der Waals surface area contributed by atoms with Gasteiger partial charge in [-0.15, -0.1) is 0 Å². The van der Waals surface area contributed by atoms with Crippen LogP contribution in [0.1, 0.15) is 18.4 Å². The number of benzene rings is 1. The minimum Gasteiger partial charge on any atom is -0.491 e. The summed E-state index contributed by atoms with van der Waals surface area (Å²) in [6, 6.07) is 8.93. The van der Waals surface area contributed by atoms with E-state index in [9.17, 15) is 0 Å². The van der Waals surface area contributed by atoms with E-state index in [0.717, 1.165) is 31.5 Å². The van der Waals surface area contributed by atoms with Gasteiger partial charge in [-0.05, 0) is 33.0 Å². The molecule has 0 aliphatic heterocycles. The summed E-state index contributed by atoms with van der Waals surface area (Å²) >= 11 is 0. The highest BCUT2D eigenvalue weighted by molar-refractivity contribution is 5.33. The predicted molar refractivity (Wildman–Crippen MR) is 81.2 cm³/mol. The zero-order valence-electron chi connectivity index (χ0n) is 12.6. The van der Waals surface area contributed by atoms with Crippen LogP contribution in [0.4, 0.5) is 0 Å². The van der Waals surface area contributed by atoms with Crippen molar-refractivity contribution in [3.63, 3.8) is 0 Å². The van der Waals surface area contributed by atoms with Gasteiger partial charge in [0.05, 0.1) is 13.2 Å². The van der Waals surface area contributed by atoms with Gasteiger partial charge in [-0.2, -0.15) is 0 Å². The first-order chi connectivity index (χ1) is 9.81. The molecule has 4 heteroatoms. The topological polar surface area (TPSA) is 33.7 Å². The molecule has 0 saturated heterocycles. The summed E-state index contributed by atoms with van der Waals surface area (Å²) in [5, 5.41) is 3.15. The Morgan fingerprint density at radius 1 is 1.20 bits per heavy atom. The summed E-state index contributed by atoms with van der Waals surface area (Å²) in [4.78, 5) is 2.38. The molecule has 0 atom stereocenters. The first-order valence-electron chi connectivity index (χ1n) is 7.44. The van der Waals surface area contributed by atoms with Crippen LogP contribution >= 0.6 is 0 Å². The van der Waals surface area contributed by atoms with Crippen molar-refractivity contribution < 1.29 is 9.47 Å². The Morgan fingerprint density at radius 2 is 2.00 bits per heavy atom. The van der Waals surface area contributed by atoms with Crippen LogP contribution in [-0.2, 0) is 11.3 Å². The third kappa shape index (κ3) is 5.12. The van der Waals surface area contributed by atoms with Gasteiger partial charge in [-0.1, -0.05) is 18.2 Å². The largest absolute Gasteiger partial charge is 0.491 e. The molecule has 1 N–H and O–H groups in total. The normalized spacial score (nSPS) is 14.8. The number of para-hydroxylation sites is 1. The SMILES string of the molecule is CNCc1ccccc1OCCOCCN(C)C1CC1. The maximum absolute atomic E-state index is 5.78. The second kappa shape index (κ2) is 8.25. The average molecular weight is 278 g/mol. The predicted octanol–water partition coefficient (Wildman–Crippen LogP) is 1.90. The van der Waals surface area contributed by atoms with E-state index in [1.165, 1.54) is 18.4 Å². The van der Waals surface area contributed by atoms with Crippen LogP contribution in [0.2, 0.25) is 0 Å². The summed E-state index contributed by atoms with van der Waals surface area (Å²) in [6.45, 7) is 3.87. The molecular weight excluding hydrogens is 252 g/mol. The maximum atomic E-state index is 5.78. The molecule has 0 aromatic heterocycles. The summed E-state index contributed by atoms with van der Waals surface area (Å²) in [5.41, 5.74) is 1.18. The highest BCUT2D eigenvalue weighted by atomic mass is 16.5. The quantitative estimate of drug-likeness (QED) is 0.663. The molecule has 1 aromatic carbocycles. The lowest BCUT2D eigenvalue weighted by atomic mass is 10.2. The van der Waals surface area contributed by atoms with Crippen molar-refractivity contribution in [2.24, 2.45) is 0 Å². The van der Waals surface area contributed by atoms with E-state index in [4.69, 9.17) is 9.47 Å². The van der Waals surface area contributed by atoms with E-state index < -0.39 is 0 Å². The van der Waals surface area contributed by atoms with E-state index >= 15 is 0 Å². The van der Waals surface area contributed by atoms with Gasteiger partial charge < -0.3 is 19.7 Å². The number of hydrogen-bond acceptors (Lipinski definition) is 4. The van der Waals surface area contributed by atoms with E-state index in [1.807, 2.05) is 25.2 Å². The fraction of sp³-hybridized carbons (Fsp3) is 0.625. The van der Waals surface area contributed by atoms with Gasteiger partial charge in [0.15, 0.2) is 0 Å². The Labute approximate surface area is 122 Å². The van der Waals surface area contributed by atoms with E-state index in [2.05, 4.69) is 23.3 Å². The molecule has 0 heterocycles. The molecule has 0 unspecified atom stereocenters. The zero-order chi connectivity index (χ0) is 14.2. The van der Waals surface area contributed by atoms with Gasteiger partial charge in [-0.25, -0.2) is 0 Å². The Hall–Kier alpha value is -1.10. The van der Waals surface area contributed by atoms with Crippen LogP contribution < -0.4 is 10.1 Å². The minimum absolute atomic E-state index is 0.605. The van der Waals surface area contributed by atoms with Crippen molar-refractivity contribution in [2.75, 3.05) is 40.5 Å². The van der Waals surface area contributed by atoms with Crippen molar-refractivity contribution in [1.82, 2.24) is 10.2 Å². The van der Waals surface area contributed by atoms with Crippen molar-refractivity contribution >= 4 is 0 Å². The first kappa shape index (κ1) is 15.3. The smallest absolute Gasteiger partial charge is 0.123 e. The number of rotatable bonds is 10. The standard InChI is InChI=1S/C16H26N2O2/c1-17-13-14-5-3-4-6-16(14)20-12-11-19-10-9-18(2)15-7-8-15/h3-6,15,17H,7-13H2,1-2H3. The fourth-order valence-electron chi connectivity index (χ4n) is 2.20. The van der Waals surface area contributed by atoms with Gasteiger partial charge in [-0.3, -0.25) is 0 Å². The number of ether oxygens (including phenoxy) is 2. The molecule has 20 heavy (non-hydrogen) atoms. The summed E-state index contributed by atoms with van der Waals surface area (Å²) in [6.07, 6.45) is 2.70. The van der Waals surface area contributed by atoms with Crippen molar-refractivity contribution in [3.8, 4) is 5.75 Å². The highest BCUT2D eigenvalue weighted by Crippen LogP contribution is 2.24. The van der Waals surface area contributed by atoms with E-state index in [0.29, 0.717) is 13.2 Å². The molecule has 1 aliphatic carbocycles. The Morgan fingerprint density at radius 3 is 2.75 bits per heavy atom. The minimum atomic E-state index is 0.605. The number of nitrogens with one attached hydrogen (secondary N) is 1. The third-order valence-corrected chi connectivity index (χ3v) is 3.58. The molecule has 112 valence electrons. The van der Waals surface area contributed by atoms with Crippen molar-refractivity contribution in [2.45, 2.75) is 25.4 Å². The molecule has 0 spiro atoms. The van der Waals surface area contributed by atoms with Gasteiger partial charge in [0.25, 0.3) is 0 Å². The lowest BCUT2D eigenvalue weighted by Gasteiger charge is -2.15. The van der Waals surface area contributed by atoms with Crippen LogP contribution in [0.5, 0.6) is 5.75 Å². The highest BCUT2D eigenvalue weighted by Gasteiger charge is 2.25. The average Bonchev–Trinajstić information content (AvgIpc) is 3.29. The van der Waals surface area contributed by atoms with Gasteiger partial charge in [0.1, 0.15) is 12.4 Å². The van der Waals surface area contributed by atoms with E-state index in [-0.39, 0.29) is 0 Å².